The van der Waals surface area contributed by atoms with Crippen molar-refractivity contribution < 1.29 is 23.5 Å². The van der Waals surface area contributed by atoms with Crippen molar-refractivity contribution in [1.29, 1.82) is 0 Å². The number of rotatable bonds is 10. The quantitative estimate of drug-likeness (QED) is 0.156. The van der Waals surface area contributed by atoms with Gasteiger partial charge in [0.1, 0.15) is 0 Å². The molecule has 4 atom stereocenters. The summed E-state index contributed by atoms with van der Waals surface area (Å²) in [6.07, 6.45) is 2.08. The van der Waals surface area contributed by atoms with E-state index in [0.29, 0.717) is 52.6 Å². The number of fused-ring (bicyclic) bond motifs is 2. The summed E-state index contributed by atoms with van der Waals surface area (Å²) in [5.41, 5.74) is 2.21. The van der Waals surface area contributed by atoms with Gasteiger partial charge < -0.3 is 24.2 Å². The molecular formula is C34H37ClFN5O4Si. The standard InChI is InChI=1S/C34H37ClFN5O4Si/c1-22-31(46(2,3)36)30(15-17-40-21-27(16-18-42)38-39-40)45-34(22)28-19-25(35)11-14-29(28)41(33(34)44)20-23-9-12-26(13-10-23)37-32(43)24-7-5-4-6-8-24/h4-14,19,21-22,30-31,42H,15-18,20H2,1-3H3,(H,37,43)/t22-,30+,31-,34+/m1/s1. The zero-order valence-corrected chi connectivity index (χ0v) is 27.7. The highest BCUT2D eigenvalue weighted by Gasteiger charge is 2.66. The first-order chi connectivity index (χ1) is 22.0. The molecular weight excluding hydrogens is 625 g/mol. The van der Waals surface area contributed by atoms with Gasteiger partial charge in [0.05, 0.1) is 24.0 Å². The van der Waals surface area contributed by atoms with Crippen LogP contribution in [-0.2, 0) is 34.6 Å². The fraction of sp³-hybridized carbons (Fsp3) is 0.353. The number of nitrogens with one attached hydrogen (secondary N) is 1. The van der Waals surface area contributed by atoms with E-state index in [9.17, 15) is 14.7 Å². The van der Waals surface area contributed by atoms with Gasteiger partial charge in [-0.05, 0) is 67.5 Å². The van der Waals surface area contributed by atoms with Crippen molar-refractivity contribution in [3.63, 3.8) is 0 Å². The van der Waals surface area contributed by atoms with E-state index < -0.39 is 31.6 Å². The molecule has 0 radical (unpaired) electrons. The van der Waals surface area contributed by atoms with Gasteiger partial charge in [-0.1, -0.05) is 54.1 Å². The lowest BCUT2D eigenvalue weighted by Crippen LogP contribution is -2.45. The lowest BCUT2D eigenvalue weighted by Gasteiger charge is -2.31. The lowest BCUT2D eigenvalue weighted by atomic mass is 9.82. The van der Waals surface area contributed by atoms with Crippen LogP contribution >= 0.6 is 11.6 Å². The molecule has 0 aliphatic carbocycles. The fourth-order valence-corrected chi connectivity index (χ4v) is 9.77. The first-order valence-electron chi connectivity index (χ1n) is 15.4. The molecule has 0 unspecified atom stereocenters. The van der Waals surface area contributed by atoms with Gasteiger partial charge in [-0.25, -0.2) is 0 Å². The van der Waals surface area contributed by atoms with E-state index in [2.05, 4.69) is 15.6 Å². The highest BCUT2D eigenvalue weighted by molar-refractivity contribution is 6.72. The maximum absolute atomic E-state index is 16.1. The molecule has 12 heteroatoms. The Hall–Kier alpha value is -3.90. The molecule has 1 fully saturated rings. The van der Waals surface area contributed by atoms with E-state index in [1.54, 1.807) is 53.1 Å². The first-order valence-corrected chi connectivity index (χ1v) is 18.8. The summed E-state index contributed by atoms with van der Waals surface area (Å²) in [5.74, 6) is -0.897. The van der Waals surface area contributed by atoms with Crippen LogP contribution in [0.15, 0.2) is 79.0 Å². The summed E-state index contributed by atoms with van der Waals surface area (Å²) >= 11 is 6.50. The summed E-state index contributed by atoms with van der Waals surface area (Å²) < 4.78 is 24.6. The second-order valence-electron chi connectivity index (χ2n) is 12.6. The molecule has 6 rings (SSSR count). The minimum absolute atomic E-state index is 0.0241. The summed E-state index contributed by atoms with van der Waals surface area (Å²) in [5, 5.41) is 20.8. The molecule has 2 aliphatic heterocycles. The minimum Gasteiger partial charge on any atom is -0.396 e. The van der Waals surface area contributed by atoms with Gasteiger partial charge in [0.2, 0.25) is 8.41 Å². The van der Waals surface area contributed by atoms with Crippen LogP contribution < -0.4 is 10.2 Å². The van der Waals surface area contributed by atoms with Crippen LogP contribution in [0.4, 0.5) is 15.5 Å². The Morgan fingerprint density at radius 2 is 1.87 bits per heavy atom. The summed E-state index contributed by atoms with van der Waals surface area (Å²) in [6, 6.07) is 21.7. The van der Waals surface area contributed by atoms with E-state index in [1.807, 2.05) is 55.5 Å². The third kappa shape index (κ3) is 6.00. The monoisotopic (exact) mass is 661 g/mol. The third-order valence-corrected chi connectivity index (χ3v) is 11.8. The zero-order valence-electron chi connectivity index (χ0n) is 26.0. The normalized spacial score (nSPS) is 22.4. The van der Waals surface area contributed by atoms with Crippen LogP contribution in [0.3, 0.4) is 0 Å². The van der Waals surface area contributed by atoms with Crippen LogP contribution in [0.2, 0.25) is 23.7 Å². The van der Waals surface area contributed by atoms with E-state index in [-0.39, 0.29) is 25.0 Å². The number of halogens is 2. The number of carbonyl (C=O) groups excluding carboxylic acids is 2. The Morgan fingerprint density at radius 1 is 1.13 bits per heavy atom. The first kappa shape index (κ1) is 32.1. The lowest BCUT2D eigenvalue weighted by molar-refractivity contribution is -0.146. The molecule has 2 N–H and O–H groups in total. The van der Waals surface area contributed by atoms with Crippen LogP contribution in [0.1, 0.15) is 40.5 Å². The summed E-state index contributed by atoms with van der Waals surface area (Å²) in [6.45, 7) is 5.93. The Balaban J connectivity index is 1.26. The van der Waals surface area contributed by atoms with Crippen molar-refractivity contribution in [1.82, 2.24) is 15.0 Å². The van der Waals surface area contributed by atoms with Crippen molar-refractivity contribution in [3.8, 4) is 0 Å². The number of carbonyl (C=O) groups is 2. The smallest absolute Gasteiger partial charge is 0.264 e. The highest BCUT2D eigenvalue weighted by atomic mass is 35.5. The molecule has 9 nitrogen and oxygen atoms in total. The van der Waals surface area contributed by atoms with Gasteiger partial charge in [-0.2, -0.15) is 0 Å². The van der Waals surface area contributed by atoms with Crippen molar-refractivity contribution in [2.45, 2.75) is 63.2 Å². The second kappa shape index (κ2) is 12.7. The van der Waals surface area contributed by atoms with E-state index in [1.165, 1.54) is 0 Å². The molecule has 4 aromatic rings. The highest BCUT2D eigenvalue weighted by Crippen LogP contribution is 2.60. The van der Waals surface area contributed by atoms with Gasteiger partial charge in [0.15, 0.2) is 5.60 Å². The number of aliphatic hydroxyl groups is 1. The molecule has 3 aromatic carbocycles. The molecule has 1 saturated heterocycles. The van der Waals surface area contributed by atoms with Gasteiger partial charge in [-0.15, -0.1) is 5.10 Å². The Morgan fingerprint density at radius 3 is 2.57 bits per heavy atom. The number of aliphatic hydroxyl groups excluding tert-OH is 1. The van der Waals surface area contributed by atoms with Gasteiger partial charge in [0.25, 0.3) is 11.8 Å². The average molecular weight is 662 g/mol. The largest absolute Gasteiger partial charge is 0.396 e. The predicted octanol–water partition coefficient (Wildman–Crippen LogP) is 6.13. The van der Waals surface area contributed by atoms with E-state index in [4.69, 9.17) is 16.3 Å². The number of benzene rings is 3. The zero-order chi connectivity index (χ0) is 32.6. The SMILES string of the molecule is C[C@@H]1[C@@H]([Si](C)(C)F)[C@H](CCn2cc(CCO)nn2)O[C@@]12C(=O)N(Cc1ccc(NC(=O)c3ccccc3)cc1)c1ccc(Cl)cc12. The summed E-state index contributed by atoms with van der Waals surface area (Å²) in [7, 11) is -3.34. The molecule has 240 valence electrons. The van der Waals surface area contributed by atoms with Crippen LogP contribution in [0, 0.1) is 5.92 Å². The van der Waals surface area contributed by atoms with E-state index in [0.717, 1.165) is 5.56 Å². The van der Waals surface area contributed by atoms with E-state index >= 15 is 4.11 Å². The number of hydrogen-bond donors (Lipinski definition) is 2. The number of aryl methyl sites for hydroxylation is 1. The predicted molar refractivity (Wildman–Crippen MR) is 177 cm³/mol. The molecule has 46 heavy (non-hydrogen) atoms. The molecule has 0 saturated carbocycles. The maximum Gasteiger partial charge on any atom is 0.264 e. The molecule has 3 heterocycles. The topological polar surface area (TPSA) is 110 Å². The number of aromatic nitrogens is 3. The number of nitrogens with zero attached hydrogens (tertiary/aromatic N) is 4. The van der Waals surface area contributed by atoms with Gasteiger partial charge >= 0.3 is 0 Å². The van der Waals surface area contributed by atoms with Crippen molar-refractivity contribution in [2.24, 2.45) is 5.92 Å². The number of amides is 2. The summed E-state index contributed by atoms with van der Waals surface area (Å²) in [4.78, 5) is 28.9. The Labute approximate surface area is 273 Å². The van der Waals surface area contributed by atoms with Crippen LogP contribution in [-0.4, -0.2) is 53.0 Å². The van der Waals surface area contributed by atoms with Crippen LogP contribution in [0.5, 0.6) is 0 Å². The Kier molecular flexibility index (Phi) is 8.86. The van der Waals surface area contributed by atoms with Crippen molar-refractivity contribution in [3.05, 3.63) is 106 Å². The van der Waals surface area contributed by atoms with Crippen molar-refractivity contribution >= 4 is 43.2 Å². The van der Waals surface area contributed by atoms with Crippen LogP contribution in [0.25, 0.3) is 0 Å². The Bertz CT molecular complexity index is 1730. The molecule has 1 spiro atoms. The molecule has 0 bridgehead atoms. The maximum atomic E-state index is 16.1. The molecule has 1 aromatic heterocycles. The molecule has 2 amide bonds. The number of anilines is 2. The third-order valence-electron chi connectivity index (χ3n) is 9.11. The van der Waals surface area contributed by atoms with Gasteiger partial charge in [0, 0.05) is 59.1 Å². The average Bonchev–Trinajstić information content (AvgIpc) is 3.67. The molecule has 2 aliphatic rings. The van der Waals surface area contributed by atoms with Gasteiger partial charge in [-0.3, -0.25) is 14.3 Å². The minimum atomic E-state index is -3.34. The fourth-order valence-electron chi connectivity index (χ4n) is 7.05. The van der Waals surface area contributed by atoms with Crippen molar-refractivity contribution in [2.75, 3.05) is 16.8 Å². The second-order valence-corrected chi connectivity index (χ2v) is 16.8. The number of hydrogen-bond acceptors (Lipinski definition) is 6. The number of ether oxygens (including phenoxy) is 1.